The number of nitrogens with zero attached hydrogens (tertiary/aromatic N) is 1. The molecule has 0 aliphatic carbocycles. The lowest BCUT2D eigenvalue weighted by Gasteiger charge is -2.08. The second kappa shape index (κ2) is 4.44. The van der Waals surface area contributed by atoms with Crippen molar-refractivity contribution in [1.82, 2.24) is 9.78 Å². The Hall–Kier alpha value is -0.360. The van der Waals surface area contributed by atoms with Gasteiger partial charge < -0.3 is 0 Å². The number of H-pyrrole nitrogens is 1. The van der Waals surface area contributed by atoms with E-state index in [-0.39, 0.29) is 20.1 Å². The number of nitrogens with one attached hydrogen (secondary N) is 1. The predicted octanol–water partition coefficient (Wildman–Crippen LogP) is 1.72. The van der Waals surface area contributed by atoms with Crippen LogP contribution in [0.1, 0.15) is 13.8 Å². The molecule has 1 heterocycles. The molecule has 6 heteroatoms. The van der Waals surface area contributed by atoms with Crippen LogP contribution in [0.25, 0.3) is 0 Å². The average Bonchev–Trinajstić information content (AvgIpc) is 2.10. The summed E-state index contributed by atoms with van der Waals surface area (Å²) in [5.41, 5.74) is -0.540. The first-order valence-corrected chi connectivity index (χ1v) is 5.70. The summed E-state index contributed by atoms with van der Waals surface area (Å²) < 4.78 is 1.81. The van der Waals surface area contributed by atoms with Crippen LogP contribution >= 0.6 is 31.9 Å². The van der Waals surface area contributed by atoms with Gasteiger partial charge in [0, 0.05) is 6.54 Å². The highest BCUT2D eigenvalue weighted by Crippen LogP contribution is 2.12. The fourth-order valence-electron chi connectivity index (χ4n) is 1.03. The first-order valence-electron chi connectivity index (χ1n) is 4.11. The van der Waals surface area contributed by atoms with Gasteiger partial charge in [-0.1, -0.05) is 13.8 Å². The maximum absolute atomic E-state index is 11.6. The van der Waals surface area contributed by atoms with Gasteiger partial charge >= 0.3 is 0 Å². The molecule has 0 aromatic carbocycles. The molecule has 78 valence electrons. The molecule has 0 spiro atoms. The van der Waals surface area contributed by atoms with Crippen LogP contribution in [0.15, 0.2) is 18.5 Å². The van der Waals surface area contributed by atoms with Crippen molar-refractivity contribution in [3.8, 4) is 0 Å². The summed E-state index contributed by atoms with van der Waals surface area (Å²) >= 11 is 6.10. The third kappa shape index (κ3) is 2.36. The van der Waals surface area contributed by atoms with E-state index in [0.29, 0.717) is 12.5 Å². The Kier molecular flexibility index (Phi) is 3.71. The Bertz CT molecular complexity index is 448. The number of halogens is 2. The molecule has 0 saturated carbocycles. The van der Waals surface area contributed by atoms with E-state index in [0.717, 1.165) is 0 Å². The van der Waals surface area contributed by atoms with Gasteiger partial charge in [0.05, 0.1) is 0 Å². The van der Waals surface area contributed by atoms with Crippen molar-refractivity contribution < 1.29 is 0 Å². The van der Waals surface area contributed by atoms with Crippen LogP contribution in [-0.2, 0) is 6.54 Å². The lowest BCUT2D eigenvalue weighted by Crippen LogP contribution is -2.32. The Labute approximate surface area is 97.6 Å². The number of aromatic nitrogens is 2. The molecule has 0 saturated heterocycles. The highest BCUT2D eigenvalue weighted by atomic mass is 79.9. The lowest BCUT2D eigenvalue weighted by molar-refractivity contribution is 0.457. The maximum atomic E-state index is 11.6. The molecule has 0 atom stereocenters. The maximum Gasteiger partial charge on any atom is 0.280 e. The molecular weight excluding hydrogens is 316 g/mol. The summed E-state index contributed by atoms with van der Waals surface area (Å²) in [5, 5.41) is 2.49. The molecule has 0 radical (unpaired) electrons. The zero-order valence-corrected chi connectivity index (χ0v) is 11.0. The van der Waals surface area contributed by atoms with Crippen LogP contribution in [0.5, 0.6) is 0 Å². The first kappa shape index (κ1) is 11.7. The standard InChI is InChI=1S/C8H10Br2N2O2/c1-4(2)3-12-8(14)6(10)5(9)7(13)11-12/h4H,3H2,1-2H3,(H,11,13). The van der Waals surface area contributed by atoms with Crippen LogP contribution < -0.4 is 11.1 Å². The molecule has 1 aromatic heterocycles. The van der Waals surface area contributed by atoms with Gasteiger partial charge in [0.1, 0.15) is 8.95 Å². The third-order valence-electron chi connectivity index (χ3n) is 1.61. The van der Waals surface area contributed by atoms with Crippen molar-refractivity contribution >= 4 is 31.9 Å². The van der Waals surface area contributed by atoms with E-state index in [1.165, 1.54) is 4.68 Å². The van der Waals surface area contributed by atoms with E-state index in [2.05, 4.69) is 37.0 Å². The summed E-state index contributed by atoms with van der Waals surface area (Å²) in [4.78, 5) is 22.9. The van der Waals surface area contributed by atoms with E-state index in [4.69, 9.17) is 0 Å². The molecule has 0 aliphatic heterocycles. The number of hydrogen-bond acceptors (Lipinski definition) is 2. The Morgan fingerprint density at radius 2 is 1.86 bits per heavy atom. The van der Waals surface area contributed by atoms with Crippen molar-refractivity contribution in [3.63, 3.8) is 0 Å². The van der Waals surface area contributed by atoms with Crippen molar-refractivity contribution in [2.75, 3.05) is 0 Å². The van der Waals surface area contributed by atoms with E-state index in [9.17, 15) is 9.59 Å². The molecule has 0 bridgehead atoms. The Morgan fingerprint density at radius 1 is 1.29 bits per heavy atom. The first-order chi connectivity index (χ1) is 6.43. The molecule has 1 rings (SSSR count). The van der Waals surface area contributed by atoms with Gasteiger partial charge in [0.15, 0.2) is 0 Å². The lowest BCUT2D eigenvalue weighted by atomic mass is 10.2. The smallest absolute Gasteiger partial charge is 0.267 e. The zero-order valence-electron chi connectivity index (χ0n) is 7.80. The van der Waals surface area contributed by atoms with E-state index < -0.39 is 0 Å². The second-order valence-corrected chi connectivity index (χ2v) is 4.96. The quantitative estimate of drug-likeness (QED) is 0.900. The van der Waals surface area contributed by atoms with E-state index >= 15 is 0 Å². The van der Waals surface area contributed by atoms with Crippen molar-refractivity contribution in [2.24, 2.45) is 5.92 Å². The number of aromatic amines is 1. The predicted molar refractivity (Wildman–Crippen MR) is 61.6 cm³/mol. The monoisotopic (exact) mass is 324 g/mol. The highest BCUT2D eigenvalue weighted by molar-refractivity contribution is 9.13. The summed E-state index contributed by atoms with van der Waals surface area (Å²) in [6.45, 7) is 4.45. The van der Waals surface area contributed by atoms with E-state index in [1.807, 2.05) is 13.8 Å². The fraction of sp³-hybridized carbons (Fsp3) is 0.500. The largest absolute Gasteiger partial charge is 0.280 e. The summed E-state index contributed by atoms with van der Waals surface area (Å²) in [7, 11) is 0. The molecule has 0 amide bonds. The SMILES string of the molecule is CC(C)Cn1[nH]c(=O)c(Br)c(Br)c1=O. The van der Waals surface area contributed by atoms with Gasteiger partial charge in [-0.2, -0.15) is 0 Å². The number of hydrogen-bond donors (Lipinski definition) is 1. The van der Waals surface area contributed by atoms with Crippen LogP contribution in [-0.4, -0.2) is 9.78 Å². The summed E-state index contributed by atoms with van der Waals surface area (Å²) in [6.07, 6.45) is 0. The minimum absolute atomic E-state index is 0.231. The molecule has 0 unspecified atom stereocenters. The van der Waals surface area contributed by atoms with Crippen molar-refractivity contribution in [1.29, 1.82) is 0 Å². The van der Waals surface area contributed by atoms with Crippen molar-refractivity contribution in [2.45, 2.75) is 20.4 Å². The Morgan fingerprint density at radius 3 is 2.36 bits per heavy atom. The molecular formula is C8H10Br2N2O2. The second-order valence-electron chi connectivity index (χ2n) is 3.38. The van der Waals surface area contributed by atoms with Gasteiger partial charge in [0.2, 0.25) is 0 Å². The van der Waals surface area contributed by atoms with Crippen LogP contribution in [0.3, 0.4) is 0 Å². The summed E-state index contributed by atoms with van der Waals surface area (Å²) in [5.74, 6) is 0.302. The normalized spacial score (nSPS) is 10.9. The Balaban J connectivity index is 3.34. The van der Waals surface area contributed by atoms with E-state index in [1.54, 1.807) is 0 Å². The number of rotatable bonds is 2. The van der Waals surface area contributed by atoms with Gasteiger partial charge in [-0.15, -0.1) is 0 Å². The molecule has 4 nitrogen and oxygen atoms in total. The molecule has 14 heavy (non-hydrogen) atoms. The minimum Gasteiger partial charge on any atom is -0.267 e. The molecule has 0 aliphatic rings. The van der Waals surface area contributed by atoms with Crippen LogP contribution in [0, 0.1) is 5.92 Å². The summed E-state index contributed by atoms with van der Waals surface area (Å²) in [6, 6.07) is 0. The third-order valence-corrected chi connectivity index (χ3v) is 3.63. The van der Waals surface area contributed by atoms with Crippen LogP contribution in [0.4, 0.5) is 0 Å². The fourth-order valence-corrected chi connectivity index (χ4v) is 1.68. The van der Waals surface area contributed by atoms with Gasteiger partial charge in [-0.05, 0) is 37.8 Å². The van der Waals surface area contributed by atoms with Gasteiger partial charge in [0.25, 0.3) is 11.1 Å². The average molecular weight is 326 g/mol. The molecule has 1 aromatic rings. The highest BCUT2D eigenvalue weighted by Gasteiger charge is 2.10. The topological polar surface area (TPSA) is 54.9 Å². The van der Waals surface area contributed by atoms with Crippen molar-refractivity contribution in [3.05, 3.63) is 29.7 Å². The zero-order chi connectivity index (χ0) is 10.9. The minimum atomic E-state index is -0.308. The van der Waals surface area contributed by atoms with Gasteiger partial charge in [-0.25, -0.2) is 4.68 Å². The van der Waals surface area contributed by atoms with Gasteiger partial charge in [-0.3, -0.25) is 14.7 Å². The molecule has 0 fully saturated rings. The van der Waals surface area contributed by atoms with Crippen LogP contribution in [0.2, 0.25) is 0 Å². The molecule has 1 N–H and O–H groups in total.